The molecule has 0 aliphatic rings. The molecular formula is C30H31F2N2O6PS. The number of fused-ring (bicyclic) bond motifs is 1. The Morgan fingerprint density at radius 3 is 2.24 bits per heavy atom. The maximum Gasteiger partial charge on any atom is 0.442 e. The van der Waals surface area contributed by atoms with Crippen LogP contribution in [0.2, 0.25) is 0 Å². The van der Waals surface area contributed by atoms with Crippen LogP contribution >= 0.6 is 7.60 Å². The lowest BCUT2D eigenvalue weighted by Gasteiger charge is -2.20. The van der Waals surface area contributed by atoms with Crippen molar-refractivity contribution in [1.82, 2.24) is 10.0 Å². The van der Waals surface area contributed by atoms with Gasteiger partial charge in [-0.25, -0.2) is 13.0 Å². The number of hydrogen-bond donors (Lipinski definition) is 3. The van der Waals surface area contributed by atoms with Gasteiger partial charge >= 0.3 is 13.8 Å². The zero-order valence-electron chi connectivity index (χ0n) is 22.5. The van der Waals surface area contributed by atoms with E-state index in [1.165, 1.54) is 35.9 Å². The number of hydrogen-bond acceptors (Lipinski definition) is 5. The third kappa shape index (κ3) is 8.45. The highest BCUT2D eigenvalue weighted by atomic mass is 32.2. The molecule has 0 saturated carbocycles. The second-order valence-electron chi connectivity index (χ2n) is 9.67. The van der Waals surface area contributed by atoms with Gasteiger partial charge in [0.05, 0.1) is 4.90 Å². The Hall–Kier alpha value is -3.63. The topological polar surface area (TPSA) is 122 Å². The van der Waals surface area contributed by atoms with Crippen molar-refractivity contribution in [3.8, 4) is 5.75 Å². The first-order valence-electron chi connectivity index (χ1n) is 13.3. The summed E-state index contributed by atoms with van der Waals surface area (Å²) in [6.07, 6.45) is -1.30. The predicted molar refractivity (Wildman–Crippen MR) is 157 cm³/mol. The average molecular weight is 617 g/mol. The van der Waals surface area contributed by atoms with E-state index < -0.39 is 35.7 Å². The smallest absolute Gasteiger partial charge is 0.421 e. The highest BCUT2D eigenvalue weighted by Gasteiger charge is 2.34. The number of unbranched alkanes of at least 4 members (excludes halogenated alkanes) is 1. The van der Waals surface area contributed by atoms with Crippen LogP contribution in [0.15, 0.2) is 102 Å². The van der Waals surface area contributed by atoms with Gasteiger partial charge in [0.25, 0.3) is 0 Å². The van der Waals surface area contributed by atoms with Crippen LogP contribution in [0.4, 0.5) is 8.78 Å². The normalized spacial score (nSPS) is 13.9. The average Bonchev–Trinajstić information content (AvgIpc) is 2.97. The van der Waals surface area contributed by atoms with Crippen LogP contribution in [0.1, 0.15) is 24.0 Å². The SMILES string of the molecule is O=C(NCCCCc1ccccc1)[C@H](Cc1ccc(OP(=O)(O)C(F)F)cc1)NS(=O)(=O)c1cccc2ccccc12. The lowest BCUT2D eigenvalue weighted by molar-refractivity contribution is -0.122. The molecule has 0 saturated heterocycles. The number of alkyl halides is 2. The van der Waals surface area contributed by atoms with E-state index in [0.29, 0.717) is 23.9 Å². The molecule has 4 aromatic carbocycles. The summed E-state index contributed by atoms with van der Waals surface area (Å²) in [6, 6.07) is 25.8. The first-order chi connectivity index (χ1) is 20.0. The minimum atomic E-state index is -5.15. The van der Waals surface area contributed by atoms with Gasteiger partial charge in [0, 0.05) is 11.9 Å². The van der Waals surface area contributed by atoms with Crippen LogP contribution in [-0.4, -0.2) is 38.0 Å². The molecule has 0 aliphatic carbocycles. The highest BCUT2D eigenvalue weighted by Crippen LogP contribution is 2.48. The Morgan fingerprint density at radius 1 is 0.857 bits per heavy atom. The van der Waals surface area contributed by atoms with Crippen LogP contribution in [0.3, 0.4) is 0 Å². The van der Waals surface area contributed by atoms with Gasteiger partial charge in [-0.15, -0.1) is 0 Å². The Balaban J connectivity index is 1.49. The van der Waals surface area contributed by atoms with Crippen molar-refractivity contribution in [2.45, 2.75) is 42.8 Å². The van der Waals surface area contributed by atoms with E-state index in [0.717, 1.165) is 18.2 Å². The largest absolute Gasteiger partial charge is 0.442 e. The molecule has 4 rings (SSSR count). The third-order valence-electron chi connectivity index (χ3n) is 6.53. The summed E-state index contributed by atoms with van der Waals surface area (Å²) in [5, 5.41) is 4.04. The molecule has 0 fully saturated rings. The molecule has 42 heavy (non-hydrogen) atoms. The van der Waals surface area contributed by atoms with E-state index >= 15 is 0 Å². The first-order valence-corrected chi connectivity index (χ1v) is 16.4. The lowest BCUT2D eigenvalue weighted by Crippen LogP contribution is -2.48. The van der Waals surface area contributed by atoms with Crippen LogP contribution in [0, 0.1) is 0 Å². The predicted octanol–water partition coefficient (Wildman–Crippen LogP) is 5.66. The molecule has 0 bridgehead atoms. The van der Waals surface area contributed by atoms with E-state index in [2.05, 4.69) is 14.6 Å². The molecule has 0 aliphatic heterocycles. The van der Waals surface area contributed by atoms with E-state index in [4.69, 9.17) is 0 Å². The molecule has 8 nitrogen and oxygen atoms in total. The molecular weight excluding hydrogens is 585 g/mol. The summed E-state index contributed by atoms with van der Waals surface area (Å²) in [7, 11) is -9.31. The molecule has 1 unspecified atom stereocenters. The Labute approximate surface area is 243 Å². The summed E-state index contributed by atoms with van der Waals surface area (Å²) in [6.45, 7) is 0.338. The molecule has 0 radical (unpaired) electrons. The molecule has 4 aromatic rings. The number of halogens is 2. The summed E-state index contributed by atoms with van der Waals surface area (Å²) in [5.41, 5.74) is 1.65. The molecule has 0 spiro atoms. The van der Waals surface area contributed by atoms with Gasteiger partial charge in [0.15, 0.2) is 0 Å². The summed E-state index contributed by atoms with van der Waals surface area (Å²) < 4.78 is 71.0. The fourth-order valence-electron chi connectivity index (χ4n) is 4.42. The Morgan fingerprint density at radius 2 is 1.52 bits per heavy atom. The van der Waals surface area contributed by atoms with Gasteiger partial charge in [-0.05, 0) is 60.4 Å². The molecule has 1 amide bonds. The molecule has 0 aromatic heterocycles. The minimum Gasteiger partial charge on any atom is -0.421 e. The van der Waals surface area contributed by atoms with Gasteiger partial charge in [-0.3, -0.25) is 4.79 Å². The van der Waals surface area contributed by atoms with Gasteiger partial charge in [0.2, 0.25) is 15.9 Å². The van der Waals surface area contributed by atoms with Crippen molar-refractivity contribution >= 4 is 34.3 Å². The van der Waals surface area contributed by atoms with Crippen molar-refractivity contribution in [1.29, 1.82) is 0 Å². The van der Waals surface area contributed by atoms with E-state index in [-0.39, 0.29) is 17.1 Å². The molecule has 2 atom stereocenters. The fourth-order valence-corrected chi connectivity index (χ4v) is 6.34. The summed E-state index contributed by atoms with van der Waals surface area (Å²) in [5.74, 6) is -0.794. The van der Waals surface area contributed by atoms with Crippen LogP contribution < -0.4 is 14.6 Å². The fraction of sp³-hybridized carbons (Fsp3) is 0.233. The zero-order chi connectivity index (χ0) is 30.2. The zero-order valence-corrected chi connectivity index (χ0v) is 24.2. The van der Waals surface area contributed by atoms with E-state index in [1.807, 2.05) is 30.3 Å². The van der Waals surface area contributed by atoms with Gasteiger partial charge in [0.1, 0.15) is 11.8 Å². The van der Waals surface area contributed by atoms with Crippen LogP contribution in [0.5, 0.6) is 5.75 Å². The molecule has 0 heterocycles. The maximum atomic E-state index is 13.5. The molecule has 3 N–H and O–H groups in total. The Kier molecular flexibility index (Phi) is 10.5. The monoisotopic (exact) mass is 616 g/mol. The van der Waals surface area contributed by atoms with Crippen molar-refractivity contribution in [2.75, 3.05) is 6.54 Å². The lowest BCUT2D eigenvalue weighted by atomic mass is 10.1. The third-order valence-corrected chi connectivity index (χ3v) is 9.03. The van der Waals surface area contributed by atoms with Crippen molar-refractivity contribution in [3.05, 3.63) is 108 Å². The number of amides is 1. The van der Waals surface area contributed by atoms with Crippen LogP contribution in [0.25, 0.3) is 10.8 Å². The van der Waals surface area contributed by atoms with Gasteiger partial charge < -0.3 is 14.7 Å². The number of carbonyl (C=O) groups excluding carboxylic acids is 1. The summed E-state index contributed by atoms with van der Waals surface area (Å²) >= 11 is 0. The number of benzene rings is 4. The van der Waals surface area contributed by atoms with E-state index in [9.17, 15) is 31.5 Å². The van der Waals surface area contributed by atoms with Crippen molar-refractivity contribution in [2.24, 2.45) is 0 Å². The van der Waals surface area contributed by atoms with Crippen molar-refractivity contribution < 1.29 is 36.0 Å². The standard InChI is InChI=1S/C30H31F2N2O6PS/c31-30(32)41(36,37)40-25-18-16-23(17-19-25)21-27(29(35)33-20-7-6-11-22-9-2-1-3-10-22)34-42(38,39)28-15-8-13-24-12-4-5-14-26(24)28/h1-5,8-10,12-19,27,30,34H,6-7,11,20-21H2,(H,33,35)(H,36,37)/t27-/m0/s1. The minimum absolute atomic E-state index is 0.0238. The first kappa shape index (κ1) is 31.3. The molecule has 12 heteroatoms. The number of aryl methyl sites for hydroxylation is 1. The number of rotatable bonds is 14. The number of nitrogens with one attached hydrogen (secondary N) is 2. The van der Waals surface area contributed by atoms with E-state index in [1.54, 1.807) is 36.4 Å². The molecule has 222 valence electrons. The second kappa shape index (κ2) is 14.0. The Bertz CT molecular complexity index is 1650. The second-order valence-corrected chi connectivity index (χ2v) is 13.0. The van der Waals surface area contributed by atoms with Gasteiger partial charge in [-0.2, -0.15) is 13.5 Å². The summed E-state index contributed by atoms with van der Waals surface area (Å²) in [4.78, 5) is 22.6. The van der Waals surface area contributed by atoms with Crippen LogP contribution in [-0.2, 0) is 32.2 Å². The number of carbonyl (C=O) groups is 1. The number of sulfonamides is 1. The highest BCUT2D eigenvalue weighted by molar-refractivity contribution is 7.89. The quantitative estimate of drug-likeness (QED) is 0.124. The van der Waals surface area contributed by atoms with Gasteiger partial charge in [-0.1, -0.05) is 78.9 Å². The van der Waals surface area contributed by atoms with Crippen molar-refractivity contribution in [3.63, 3.8) is 0 Å². The maximum absolute atomic E-state index is 13.5.